The first-order valence-corrected chi connectivity index (χ1v) is 9.72. The highest BCUT2D eigenvalue weighted by atomic mass is 19.4. The van der Waals surface area contributed by atoms with E-state index in [2.05, 4.69) is 10.1 Å². The van der Waals surface area contributed by atoms with Crippen LogP contribution in [0.3, 0.4) is 0 Å². The molecule has 0 radical (unpaired) electrons. The van der Waals surface area contributed by atoms with Crippen molar-refractivity contribution in [2.45, 2.75) is 6.36 Å². The lowest BCUT2D eigenvalue weighted by Gasteiger charge is -2.16. The van der Waals surface area contributed by atoms with Crippen molar-refractivity contribution in [1.82, 2.24) is 0 Å². The van der Waals surface area contributed by atoms with Gasteiger partial charge in [-0.15, -0.1) is 13.2 Å². The average molecular weight is 454 g/mol. The van der Waals surface area contributed by atoms with Gasteiger partial charge in [0.1, 0.15) is 17.2 Å². The van der Waals surface area contributed by atoms with E-state index in [4.69, 9.17) is 4.74 Å². The molecule has 0 saturated carbocycles. The van der Waals surface area contributed by atoms with E-state index in [1.807, 2.05) is 0 Å². The van der Waals surface area contributed by atoms with Crippen LogP contribution in [0, 0.1) is 0 Å². The van der Waals surface area contributed by atoms with Gasteiger partial charge in [-0.2, -0.15) is 0 Å². The molecule has 168 valence electrons. The van der Waals surface area contributed by atoms with Crippen molar-refractivity contribution >= 4 is 28.8 Å². The van der Waals surface area contributed by atoms with Gasteiger partial charge in [0.05, 0.1) is 18.4 Å². The molecule has 0 aromatic heterocycles. The summed E-state index contributed by atoms with van der Waals surface area (Å²) in [5.74, 6) is -1.17. The van der Waals surface area contributed by atoms with Gasteiger partial charge >= 0.3 is 6.36 Å². The number of benzene rings is 3. The van der Waals surface area contributed by atoms with Crippen LogP contribution in [0.25, 0.3) is 5.57 Å². The van der Waals surface area contributed by atoms with Crippen LogP contribution in [-0.4, -0.2) is 25.3 Å². The zero-order valence-electron chi connectivity index (χ0n) is 17.2. The first-order valence-electron chi connectivity index (χ1n) is 9.72. The fourth-order valence-corrected chi connectivity index (χ4v) is 3.39. The van der Waals surface area contributed by atoms with E-state index in [1.165, 1.54) is 19.2 Å². The maximum Gasteiger partial charge on any atom is 0.573 e. The highest BCUT2D eigenvalue weighted by Gasteiger charge is 2.40. The number of halogens is 3. The van der Waals surface area contributed by atoms with Crippen molar-refractivity contribution in [3.63, 3.8) is 0 Å². The quantitative estimate of drug-likeness (QED) is 0.532. The summed E-state index contributed by atoms with van der Waals surface area (Å²) in [6.45, 7) is 0. The number of methoxy groups -OCH3 is 1. The number of nitrogens with zero attached hydrogens (tertiary/aromatic N) is 1. The van der Waals surface area contributed by atoms with E-state index >= 15 is 0 Å². The summed E-state index contributed by atoms with van der Waals surface area (Å²) in [6.07, 6.45) is -4.85. The molecular weight excluding hydrogens is 437 g/mol. The second-order valence-electron chi connectivity index (χ2n) is 6.96. The van der Waals surface area contributed by atoms with Gasteiger partial charge in [-0.3, -0.25) is 9.59 Å². The highest BCUT2D eigenvalue weighted by Crippen LogP contribution is 2.35. The van der Waals surface area contributed by atoms with Gasteiger partial charge in [0.25, 0.3) is 11.8 Å². The molecule has 3 aromatic rings. The van der Waals surface area contributed by atoms with E-state index in [0.29, 0.717) is 17.0 Å². The molecule has 0 bridgehead atoms. The van der Waals surface area contributed by atoms with Crippen LogP contribution >= 0.6 is 0 Å². The van der Waals surface area contributed by atoms with Crippen LogP contribution in [0.2, 0.25) is 0 Å². The van der Waals surface area contributed by atoms with Crippen molar-refractivity contribution in [2.75, 3.05) is 17.3 Å². The SMILES string of the molecule is COc1cccc(NC2=C(c3ccccc3)C(=O)N(c3ccc(OC(F)(F)F)cc3)C2=O)c1. The number of amides is 2. The summed E-state index contributed by atoms with van der Waals surface area (Å²) < 4.78 is 46.4. The number of alkyl halides is 3. The third-order valence-corrected chi connectivity index (χ3v) is 4.81. The predicted octanol–water partition coefficient (Wildman–Crippen LogP) is 4.99. The second kappa shape index (κ2) is 8.70. The molecule has 1 aliphatic heterocycles. The van der Waals surface area contributed by atoms with E-state index < -0.39 is 23.9 Å². The van der Waals surface area contributed by atoms with Crippen LogP contribution in [0.15, 0.2) is 84.6 Å². The van der Waals surface area contributed by atoms with Crippen molar-refractivity contribution in [1.29, 1.82) is 0 Å². The van der Waals surface area contributed by atoms with Crippen LogP contribution < -0.4 is 19.7 Å². The zero-order chi connectivity index (χ0) is 23.6. The van der Waals surface area contributed by atoms with Gasteiger partial charge in [-0.1, -0.05) is 36.4 Å². The van der Waals surface area contributed by atoms with Gasteiger partial charge in [0, 0.05) is 11.8 Å². The van der Waals surface area contributed by atoms with Gasteiger partial charge in [0.2, 0.25) is 0 Å². The van der Waals surface area contributed by atoms with Crippen molar-refractivity contribution in [2.24, 2.45) is 0 Å². The van der Waals surface area contributed by atoms with E-state index in [9.17, 15) is 22.8 Å². The Morgan fingerprint density at radius 2 is 1.52 bits per heavy atom. The maximum atomic E-state index is 13.3. The largest absolute Gasteiger partial charge is 0.573 e. The summed E-state index contributed by atoms with van der Waals surface area (Å²) in [7, 11) is 1.51. The Morgan fingerprint density at radius 1 is 0.818 bits per heavy atom. The fraction of sp³-hybridized carbons (Fsp3) is 0.0833. The predicted molar refractivity (Wildman–Crippen MR) is 116 cm³/mol. The lowest BCUT2D eigenvalue weighted by molar-refractivity contribution is -0.274. The third-order valence-electron chi connectivity index (χ3n) is 4.81. The molecule has 4 rings (SSSR count). The summed E-state index contributed by atoms with van der Waals surface area (Å²) in [6, 6.07) is 20.0. The zero-order valence-corrected chi connectivity index (χ0v) is 17.2. The lowest BCUT2D eigenvalue weighted by atomic mass is 10.0. The number of hydrogen-bond acceptors (Lipinski definition) is 5. The summed E-state index contributed by atoms with van der Waals surface area (Å²) in [4.78, 5) is 27.5. The van der Waals surface area contributed by atoms with Crippen LogP contribution in [0.4, 0.5) is 24.5 Å². The summed E-state index contributed by atoms with van der Waals surface area (Å²) in [5, 5.41) is 3.00. The van der Waals surface area contributed by atoms with E-state index in [1.54, 1.807) is 54.6 Å². The van der Waals surface area contributed by atoms with Crippen LogP contribution in [0.1, 0.15) is 5.56 Å². The monoisotopic (exact) mass is 454 g/mol. The number of nitrogens with one attached hydrogen (secondary N) is 1. The maximum absolute atomic E-state index is 13.3. The Labute approximate surface area is 186 Å². The molecule has 6 nitrogen and oxygen atoms in total. The Morgan fingerprint density at radius 3 is 2.15 bits per heavy atom. The molecule has 9 heteroatoms. The molecule has 3 aromatic carbocycles. The number of carbonyl (C=O) groups is 2. The summed E-state index contributed by atoms with van der Waals surface area (Å²) in [5.41, 5.74) is 1.32. The molecular formula is C24H17F3N2O4. The molecule has 0 aliphatic carbocycles. The number of rotatable bonds is 6. The van der Waals surface area contributed by atoms with Crippen LogP contribution in [-0.2, 0) is 9.59 Å². The highest BCUT2D eigenvalue weighted by molar-refractivity contribution is 6.46. The van der Waals surface area contributed by atoms with Gasteiger partial charge in [-0.05, 0) is 42.0 Å². The minimum absolute atomic E-state index is 0.0371. The molecule has 0 spiro atoms. The Kier molecular flexibility index (Phi) is 5.78. The molecule has 0 atom stereocenters. The van der Waals surface area contributed by atoms with Crippen molar-refractivity contribution in [3.05, 3.63) is 90.1 Å². The van der Waals surface area contributed by atoms with Gasteiger partial charge in [-0.25, -0.2) is 4.90 Å². The number of ether oxygens (including phenoxy) is 2. The molecule has 1 N–H and O–H groups in total. The molecule has 33 heavy (non-hydrogen) atoms. The molecule has 0 saturated heterocycles. The number of hydrogen-bond donors (Lipinski definition) is 1. The van der Waals surface area contributed by atoms with Crippen molar-refractivity contribution < 1.29 is 32.2 Å². The Hall–Kier alpha value is -4.27. The average Bonchev–Trinajstić information content (AvgIpc) is 3.03. The smallest absolute Gasteiger partial charge is 0.497 e. The van der Waals surface area contributed by atoms with E-state index in [0.717, 1.165) is 17.0 Å². The van der Waals surface area contributed by atoms with Crippen molar-refractivity contribution in [3.8, 4) is 11.5 Å². The molecule has 1 heterocycles. The molecule has 2 amide bonds. The lowest BCUT2D eigenvalue weighted by Crippen LogP contribution is -2.32. The topological polar surface area (TPSA) is 67.9 Å². The third kappa shape index (κ3) is 4.67. The second-order valence-corrected chi connectivity index (χ2v) is 6.96. The number of carbonyl (C=O) groups excluding carboxylic acids is 2. The molecule has 0 fully saturated rings. The summed E-state index contributed by atoms with van der Waals surface area (Å²) >= 11 is 0. The molecule has 1 aliphatic rings. The minimum atomic E-state index is -4.85. The number of anilines is 2. The number of imide groups is 1. The van der Waals surface area contributed by atoms with Crippen LogP contribution in [0.5, 0.6) is 11.5 Å². The van der Waals surface area contributed by atoms with E-state index in [-0.39, 0.29) is 17.0 Å². The van der Waals surface area contributed by atoms with Gasteiger partial charge in [0.15, 0.2) is 0 Å². The first kappa shape index (κ1) is 21.9. The Balaban J connectivity index is 1.72. The minimum Gasteiger partial charge on any atom is -0.497 e. The molecule has 0 unspecified atom stereocenters. The first-order chi connectivity index (χ1) is 15.8. The standard InChI is InChI=1S/C24H17F3N2O4/c1-32-19-9-5-8-16(14-19)28-21-20(15-6-3-2-4-7-15)22(30)29(23(21)31)17-10-12-18(13-11-17)33-24(25,26)27/h2-14,28H,1H3. The van der Waals surface area contributed by atoms with Gasteiger partial charge < -0.3 is 14.8 Å². The fourth-order valence-electron chi connectivity index (χ4n) is 3.39. The normalized spacial score (nSPS) is 14.0. The Bertz CT molecular complexity index is 1220.